The fourth-order valence-electron chi connectivity index (χ4n) is 5.71. The van der Waals surface area contributed by atoms with Crippen LogP contribution in [0.1, 0.15) is 74.1 Å². The second-order valence-corrected chi connectivity index (χ2v) is 11.4. The van der Waals surface area contributed by atoms with Crippen LogP contribution in [-0.4, -0.2) is 83.8 Å². The third-order valence-electron chi connectivity index (χ3n) is 7.98. The van der Waals surface area contributed by atoms with Gasteiger partial charge in [-0.05, 0) is 58.7 Å². The number of Topliss-reactive ketones (excluding diaryl/α,β-unsaturated/α-hetero) is 1. The van der Waals surface area contributed by atoms with Gasteiger partial charge in [0.05, 0.1) is 24.7 Å². The van der Waals surface area contributed by atoms with Gasteiger partial charge in [-0.2, -0.15) is 0 Å². The number of allylic oxidation sites excluding steroid dienone is 1. The van der Waals surface area contributed by atoms with Crippen LogP contribution in [0.15, 0.2) is 11.6 Å². The third-order valence-corrected chi connectivity index (χ3v) is 7.98. The predicted molar refractivity (Wildman–Crippen MR) is 138 cm³/mol. The number of aliphatic hydroxyl groups excluding tert-OH is 2. The lowest BCUT2D eigenvalue weighted by Crippen LogP contribution is -2.56. The van der Waals surface area contributed by atoms with Gasteiger partial charge in [0, 0.05) is 23.8 Å². The Morgan fingerprint density at radius 1 is 1.08 bits per heavy atom. The molecule has 0 aliphatic carbocycles. The standard InChI is InChI=1S/C28H49NO7/c1-10-23-15(2)11-16(3)25(32)17(4)12-18(5)27(20(7)22(30)14-24(31)35-23)36-28-26(33)21(29(8)9)13-19(6)34-28/h11,15,17-23,26-28,30,33H,10,12-14H2,1-9H3/t15-,17-,18+,19?,20+,21?,22-,23-,26?,27+,28?/m1/s1. The lowest BCUT2D eigenvalue weighted by molar-refractivity contribution is -0.282. The van der Waals surface area contributed by atoms with Gasteiger partial charge in [0.25, 0.3) is 0 Å². The Morgan fingerprint density at radius 3 is 2.31 bits per heavy atom. The molecule has 2 N–H and O–H groups in total. The summed E-state index contributed by atoms with van der Waals surface area (Å²) in [7, 11) is 3.83. The van der Waals surface area contributed by atoms with Gasteiger partial charge in [0.1, 0.15) is 12.2 Å². The normalized spacial score (nSPS) is 42.0. The van der Waals surface area contributed by atoms with Gasteiger partial charge in [-0.15, -0.1) is 0 Å². The summed E-state index contributed by atoms with van der Waals surface area (Å²) in [5.74, 6) is -1.40. The molecule has 11 atom stereocenters. The first-order chi connectivity index (χ1) is 16.8. The smallest absolute Gasteiger partial charge is 0.308 e. The van der Waals surface area contributed by atoms with E-state index in [4.69, 9.17) is 14.2 Å². The highest BCUT2D eigenvalue weighted by Gasteiger charge is 2.42. The number of hydrogen-bond donors (Lipinski definition) is 2. The molecule has 0 amide bonds. The maximum atomic E-state index is 13.2. The van der Waals surface area contributed by atoms with Crippen molar-refractivity contribution in [3.8, 4) is 0 Å². The SMILES string of the molecule is CC[C@H]1OC(=O)C[C@@H](O)[C@H](C)[C@@H](OC2OC(C)CC(N(C)C)C2O)[C@@H](C)C[C@@H](C)C(=O)C(C)=C[C@H]1C. The first-order valence-corrected chi connectivity index (χ1v) is 13.5. The van der Waals surface area contributed by atoms with E-state index in [-0.39, 0.29) is 48.2 Å². The zero-order valence-corrected chi connectivity index (χ0v) is 23.6. The van der Waals surface area contributed by atoms with Gasteiger partial charge in [-0.1, -0.05) is 40.7 Å². The summed E-state index contributed by atoms with van der Waals surface area (Å²) >= 11 is 0. The zero-order chi connectivity index (χ0) is 27.3. The molecule has 1 saturated heterocycles. The molecule has 8 nitrogen and oxygen atoms in total. The molecule has 2 aliphatic rings. The fourth-order valence-corrected chi connectivity index (χ4v) is 5.71. The molecule has 0 spiro atoms. The van der Waals surface area contributed by atoms with Crippen molar-refractivity contribution in [3.63, 3.8) is 0 Å². The number of carbonyl (C=O) groups is 2. The van der Waals surface area contributed by atoms with Crippen LogP contribution in [0.25, 0.3) is 0 Å². The number of carbonyl (C=O) groups excluding carboxylic acids is 2. The molecule has 0 radical (unpaired) electrons. The Morgan fingerprint density at radius 2 is 1.72 bits per heavy atom. The molecule has 1 fully saturated rings. The zero-order valence-electron chi connectivity index (χ0n) is 23.6. The highest BCUT2D eigenvalue weighted by Crippen LogP contribution is 2.33. The van der Waals surface area contributed by atoms with E-state index >= 15 is 0 Å². The minimum atomic E-state index is -1.01. The topological polar surface area (TPSA) is 106 Å². The van der Waals surface area contributed by atoms with E-state index in [9.17, 15) is 19.8 Å². The highest BCUT2D eigenvalue weighted by molar-refractivity contribution is 5.96. The Hall–Kier alpha value is -1.32. The van der Waals surface area contributed by atoms with E-state index in [1.165, 1.54) is 0 Å². The van der Waals surface area contributed by atoms with Crippen molar-refractivity contribution < 1.29 is 34.0 Å². The molecule has 2 rings (SSSR count). The van der Waals surface area contributed by atoms with Gasteiger partial charge in [0.15, 0.2) is 12.1 Å². The van der Waals surface area contributed by atoms with E-state index in [1.54, 1.807) is 0 Å². The van der Waals surface area contributed by atoms with Gasteiger partial charge < -0.3 is 29.3 Å². The molecule has 0 bridgehead atoms. The van der Waals surface area contributed by atoms with Crippen molar-refractivity contribution in [3.05, 3.63) is 11.6 Å². The average Bonchev–Trinajstić information content (AvgIpc) is 2.80. The van der Waals surface area contributed by atoms with E-state index in [1.807, 2.05) is 73.5 Å². The Bertz CT molecular complexity index is 769. The molecule has 208 valence electrons. The summed E-state index contributed by atoms with van der Waals surface area (Å²) in [6.45, 7) is 13.4. The van der Waals surface area contributed by atoms with Crippen LogP contribution < -0.4 is 0 Å². The van der Waals surface area contributed by atoms with E-state index in [0.717, 1.165) is 0 Å². The molecular formula is C28H49NO7. The molecule has 0 aromatic heterocycles. The monoisotopic (exact) mass is 511 g/mol. The molecule has 0 saturated carbocycles. The van der Waals surface area contributed by atoms with Crippen LogP contribution in [0.5, 0.6) is 0 Å². The molecule has 2 heterocycles. The maximum Gasteiger partial charge on any atom is 0.308 e. The van der Waals surface area contributed by atoms with Gasteiger partial charge in [0.2, 0.25) is 0 Å². The van der Waals surface area contributed by atoms with Gasteiger partial charge in [-0.25, -0.2) is 0 Å². The summed E-state index contributed by atoms with van der Waals surface area (Å²) in [5.41, 5.74) is 0.660. The predicted octanol–water partition coefficient (Wildman–Crippen LogP) is 3.33. The van der Waals surface area contributed by atoms with Crippen molar-refractivity contribution in [1.29, 1.82) is 0 Å². The van der Waals surface area contributed by atoms with Crippen molar-refractivity contribution in [2.75, 3.05) is 14.1 Å². The second kappa shape index (κ2) is 13.5. The van der Waals surface area contributed by atoms with Gasteiger partial charge >= 0.3 is 5.97 Å². The Kier molecular flexibility index (Phi) is 11.6. The number of nitrogens with zero attached hydrogens (tertiary/aromatic N) is 1. The van der Waals surface area contributed by atoms with Crippen molar-refractivity contribution >= 4 is 11.8 Å². The highest BCUT2D eigenvalue weighted by atomic mass is 16.7. The van der Waals surface area contributed by atoms with Crippen molar-refractivity contribution in [2.45, 2.75) is 117 Å². The molecule has 2 aliphatic heterocycles. The minimum Gasteiger partial charge on any atom is -0.462 e. The average molecular weight is 512 g/mol. The van der Waals surface area contributed by atoms with E-state index in [0.29, 0.717) is 24.8 Å². The third kappa shape index (κ3) is 7.84. The lowest BCUT2D eigenvalue weighted by Gasteiger charge is -2.44. The van der Waals surface area contributed by atoms with E-state index < -0.39 is 36.5 Å². The number of cyclic esters (lactones) is 1. The summed E-state index contributed by atoms with van der Waals surface area (Å²) < 4.78 is 18.1. The summed E-state index contributed by atoms with van der Waals surface area (Å²) in [6, 6.07) is -0.135. The summed E-state index contributed by atoms with van der Waals surface area (Å²) in [4.78, 5) is 27.9. The van der Waals surface area contributed by atoms with E-state index in [2.05, 4.69) is 0 Å². The van der Waals surface area contributed by atoms with Gasteiger partial charge in [-0.3, -0.25) is 9.59 Å². The number of ketones is 1. The number of esters is 1. The molecule has 36 heavy (non-hydrogen) atoms. The molecule has 8 heteroatoms. The minimum absolute atomic E-state index is 0.0501. The lowest BCUT2D eigenvalue weighted by atomic mass is 9.81. The van der Waals surface area contributed by atoms with Crippen LogP contribution in [0.4, 0.5) is 0 Å². The summed E-state index contributed by atoms with van der Waals surface area (Å²) in [6.07, 6.45) is -0.249. The number of hydrogen-bond acceptors (Lipinski definition) is 8. The van der Waals surface area contributed by atoms with Crippen LogP contribution in [0.3, 0.4) is 0 Å². The Balaban J connectivity index is 2.37. The molecule has 4 unspecified atom stereocenters. The number of rotatable bonds is 4. The fraction of sp³-hybridized carbons (Fsp3) is 0.857. The quantitative estimate of drug-likeness (QED) is 0.554. The van der Waals surface area contributed by atoms with Crippen LogP contribution in [0.2, 0.25) is 0 Å². The molecule has 0 aromatic carbocycles. The maximum absolute atomic E-state index is 13.2. The number of aliphatic hydroxyl groups is 2. The largest absolute Gasteiger partial charge is 0.462 e. The first-order valence-electron chi connectivity index (χ1n) is 13.5. The second-order valence-electron chi connectivity index (χ2n) is 11.4. The van der Waals surface area contributed by atoms with Crippen LogP contribution in [-0.2, 0) is 23.8 Å². The van der Waals surface area contributed by atoms with Crippen LogP contribution >= 0.6 is 0 Å². The van der Waals surface area contributed by atoms with Crippen molar-refractivity contribution in [2.24, 2.45) is 23.7 Å². The number of likely N-dealkylation sites (N-methyl/N-ethyl adjacent to an activating group) is 1. The van der Waals surface area contributed by atoms with Crippen molar-refractivity contribution in [1.82, 2.24) is 4.90 Å². The first kappa shape index (κ1) is 30.9. The van der Waals surface area contributed by atoms with Crippen LogP contribution in [0, 0.1) is 23.7 Å². The Labute approximate surface area is 217 Å². The summed E-state index contributed by atoms with van der Waals surface area (Å²) in [5, 5.41) is 22.1. The number of ether oxygens (including phenoxy) is 3. The molecule has 0 aromatic rings. The molecular weight excluding hydrogens is 462 g/mol.